The van der Waals surface area contributed by atoms with Crippen LogP contribution < -0.4 is 16.0 Å². The number of carbonyl (C=O) groups is 9. The summed E-state index contributed by atoms with van der Waals surface area (Å²) in [5.74, 6) is -6.86. The van der Waals surface area contributed by atoms with Crippen LogP contribution in [0.25, 0.3) is 0 Å². The zero-order chi connectivity index (χ0) is 45.4. The SMILES string of the molecule is CC(=O)NC1CCCN([O-])C(=O)C=C(C)CCOC(=O)C(NC(C)=O)CCCN([O-])C(=O)C=C(C)CCOC(=O)C(NC(C)=O)CCCN([O-])C(=O)C=C(C)CCOC1=O. The van der Waals surface area contributed by atoms with E-state index < -0.39 is 71.5 Å². The molecule has 0 aromatic carbocycles. The summed E-state index contributed by atoms with van der Waals surface area (Å²) >= 11 is 0. The number of hydrogen-bond donors (Lipinski definition) is 3. The maximum Gasteiger partial charge on any atom is 0.328 e. The predicted molar refractivity (Wildman–Crippen MR) is 214 cm³/mol. The van der Waals surface area contributed by atoms with Crippen molar-refractivity contribution in [3.05, 3.63) is 50.6 Å². The Hall–Kier alpha value is -5.67. The van der Waals surface area contributed by atoms with Crippen molar-refractivity contribution >= 4 is 53.4 Å². The number of rotatable bonds is 3. The average Bonchev–Trinajstić information content (AvgIpc) is 3.15. The third-order valence-corrected chi connectivity index (χ3v) is 8.62. The number of carbonyl (C=O) groups excluding carboxylic acids is 9. The molecule has 0 aliphatic carbocycles. The van der Waals surface area contributed by atoms with Crippen molar-refractivity contribution in [1.82, 2.24) is 31.1 Å². The molecular weight excluding hydrogens is 792 g/mol. The molecule has 336 valence electrons. The molecule has 60 heavy (non-hydrogen) atoms. The van der Waals surface area contributed by atoms with Crippen LogP contribution >= 0.6 is 0 Å². The van der Waals surface area contributed by atoms with E-state index in [-0.39, 0.29) is 112 Å². The smallest absolute Gasteiger partial charge is 0.328 e. The lowest BCUT2D eigenvalue weighted by molar-refractivity contribution is -0.148. The first-order chi connectivity index (χ1) is 28.2. The fraction of sp³-hybridized carbons (Fsp3) is 0.615. The zero-order valence-corrected chi connectivity index (χ0v) is 35.0. The number of esters is 3. The number of hydroxylamine groups is 6. The van der Waals surface area contributed by atoms with Crippen molar-refractivity contribution in [2.45, 2.75) is 117 Å². The van der Waals surface area contributed by atoms with Gasteiger partial charge in [-0.1, -0.05) is 16.7 Å². The van der Waals surface area contributed by atoms with Gasteiger partial charge in [0.05, 0.1) is 19.8 Å². The van der Waals surface area contributed by atoms with Crippen LogP contribution in [-0.2, 0) is 57.4 Å². The van der Waals surface area contributed by atoms with Crippen LogP contribution in [0, 0.1) is 15.6 Å². The van der Waals surface area contributed by atoms with E-state index >= 15 is 0 Å². The molecule has 21 nitrogen and oxygen atoms in total. The number of nitrogens with zero attached hydrogens (tertiary/aromatic N) is 3. The summed E-state index contributed by atoms with van der Waals surface area (Å²) in [5, 5.41) is 45.2. The zero-order valence-electron chi connectivity index (χ0n) is 35.0. The van der Waals surface area contributed by atoms with E-state index in [1.54, 1.807) is 0 Å². The Balaban J connectivity index is 3.15. The van der Waals surface area contributed by atoms with Crippen molar-refractivity contribution in [2.75, 3.05) is 39.5 Å². The minimum atomic E-state index is -1.15. The Labute approximate surface area is 349 Å². The van der Waals surface area contributed by atoms with Gasteiger partial charge < -0.3 is 61.0 Å². The number of ether oxygens (including phenoxy) is 3. The van der Waals surface area contributed by atoms with Gasteiger partial charge in [-0.2, -0.15) is 0 Å². The molecule has 0 fully saturated rings. The maximum atomic E-state index is 12.8. The molecule has 0 saturated carbocycles. The van der Waals surface area contributed by atoms with Gasteiger partial charge in [0.25, 0.3) is 0 Å². The van der Waals surface area contributed by atoms with Gasteiger partial charge in [-0.05, 0) is 59.3 Å². The maximum absolute atomic E-state index is 12.8. The number of cyclic esters (lactones) is 3. The topological polar surface area (TPSA) is 296 Å². The van der Waals surface area contributed by atoms with E-state index in [1.807, 2.05) is 0 Å². The first-order valence-electron chi connectivity index (χ1n) is 19.5. The summed E-state index contributed by atoms with van der Waals surface area (Å²) in [6.07, 6.45) is 3.14. The molecular formula is C39H57N6O15-3. The average molecular weight is 850 g/mol. The van der Waals surface area contributed by atoms with Gasteiger partial charge in [0.15, 0.2) is 0 Å². The summed E-state index contributed by atoms with van der Waals surface area (Å²) in [7, 11) is 0. The van der Waals surface area contributed by atoms with Crippen LogP contribution in [-0.4, -0.2) is 126 Å². The van der Waals surface area contributed by atoms with E-state index in [1.165, 1.54) is 41.5 Å². The van der Waals surface area contributed by atoms with Crippen LogP contribution in [0.1, 0.15) is 99.3 Å². The molecule has 1 heterocycles. The van der Waals surface area contributed by atoms with Crippen molar-refractivity contribution in [1.29, 1.82) is 0 Å². The predicted octanol–water partition coefficient (Wildman–Crippen LogP) is 1.47. The molecule has 0 spiro atoms. The Kier molecular flexibility index (Phi) is 24.4. The van der Waals surface area contributed by atoms with Crippen molar-refractivity contribution in [3.63, 3.8) is 0 Å². The highest BCUT2D eigenvalue weighted by Gasteiger charge is 2.24. The minimum Gasteiger partial charge on any atom is -0.756 e. The second kappa shape index (κ2) is 27.9. The van der Waals surface area contributed by atoms with Crippen LogP contribution in [0.3, 0.4) is 0 Å². The molecule has 3 N–H and O–H groups in total. The number of nitrogens with one attached hydrogen (secondary N) is 3. The van der Waals surface area contributed by atoms with Gasteiger partial charge in [0.1, 0.15) is 18.1 Å². The Morgan fingerprint density at radius 2 is 0.733 bits per heavy atom. The lowest BCUT2D eigenvalue weighted by atomic mass is 10.1. The lowest BCUT2D eigenvalue weighted by Crippen LogP contribution is -2.41. The molecule has 0 aromatic heterocycles. The van der Waals surface area contributed by atoms with Crippen LogP contribution in [0.15, 0.2) is 34.9 Å². The molecule has 3 atom stereocenters. The Bertz CT molecular complexity index is 1440. The quantitative estimate of drug-likeness (QED) is 0.268. The third kappa shape index (κ3) is 22.5. The van der Waals surface area contributed by atoms with E-state index in [2.05, 4.69) is 16.0 Å². The van der Waals surface area contributed by atoms with Crippen LogP contribution in [0.2, 0.25) is 0 Å². The molecule has 0 aromatic rings. The highest BCUT2D eigenvalue weighted by molar-refractivity contribution is 5.90. The first-order valence-corrected chi connectivity index (χ1v) is 19.5. The summed E-state index contributed by atoms with van der Waals surface area (Å²) in [5.41, 5.74) is 1.16. The van der Waals surface area contributed by atoms with Gasteiger partial charge >= 0.3 is 17.9 Å². The normalized spacial score (nSPS) is 22.2. The van der Waals surface area contributed by atoms with Crippen molar-refractivity contribution < 1.29 is 57.4 Å². The van der Waals surface area contributed by atoms with Gasteiger partial charge in [-0.15, -0.1) is 0 Å². The first kappa shape index (κ1) is 52.3. The molecule has 0 radical (unpaired) electrons. The standard InChI is InChI=1S/C39H57N6O15/c1-25-13-19-58-37(52)31(40-28(4)46)11-8-17-44(56)35(50)23-27(3)15-21-60-39(54)33(42-30(6)48)12-9-18-45(57)36(51)24-26(2)14-20-59-38(53)32(41-29(5)47)10-7-16-43(55)34(49)22-25/h22-24,31-33H,7-21H2,1-6H3,(H,40,46)(H,41,47)(H,42,48)/q-3. The summed E-state index contributed by atoms with van der Waals surface area (Å²) < 4.78 is 15.8. The van der Waals surface area contributed by atoms with E-state index in [0.717, 1.165) is 18.2 Å². The second-order valence-electron chi connectivity index (χ2n) is 14.2. The monoisotopic (exact) mass is 849 g/mol. The highest BCUT2D eigenvalue weighted by atomic mass is 16.5. The van der Waals surface area contributed by atoms with E-state index in [9.17, 15) is 58.8 Å². The number of hydrogen-bond acceptors (Lipinski definition) is 15. The lowest BCUT2D eigenvalue weighted by Gasteiger charge is -2.28. The molecule has 0 bridgehead atoms. The second-order valence-corrected chi connectivity index (χ2v) is 14.2. The summed E-state index contributed by atoms with van der Waals surface area (Å²) in [4.78, 5) is 111. The number of amides is 6. The Morgan fingerprint density at radius 3 is 0.950 bits per heavy atom. The van der Waals surface area contributed by atoms with Gasteiger partial charge in [-0.3, -0.25) is 28.8 Å². The molecule has 0 saturated heterocycles. The molecule has 1 rings (SSSR count). The fourth-order valence-electron chi connectivity index (χ4n) is 5.44. The largest absolute Gasteiger partial charge is 0.756 e. The van der Waals surface area contributed by atoms with Crippen molar-refractivity contribution in [2.24, 2.45) is 0 Å². The molecule has 6 amide bonds. The van der Waals surface area contributed by atoms with Crippen molar-refractivity contribution in [3.8, 4) is 0 Å². The van der Waals surface area contributed by atoms with Gasteiger partial charge in [0, 0.05) is 77.9 Å². The molecule has 3 unspecified atom stereocenters. The van der Waals surface area contributed by atoms with E-state index in [0.29, 0.717) is 16.7 Å². The minimum absolute atomic E-state index is 0.00154. The summed E-state index contributed by atoms with van der Waals surface area (Å²) in [6, 6.07) is -3.46. The van der Waals surface area contributed by atoms with Gasteiger partial charge in [0.2, 0.25) is 35.4 Å². The summed E-state index contributed by atoms with van der Waals surface area (Å²) in [6.45, 7) is 6.46. The molecule has 21 heteroatoms. The van der Waals surface area contributed by atoms with Gasteiger partial charge in [-0.25, -0.2) is 14.4 Å². The molecule has 1 aliphatic heterocycles. The molecule has 1 aliphatic rings. The Morgan fingerprint density at radius 1 is 0.500 bits per heavy atom. The van der Waals surface area contributed by atoms with Crippen LogP contribution in [0.4, 0.5) is 0 Å². The van der Waals surface area contributed by atoms with E-state index in [4.69, 9.17) is 14.2 Å². The third-order valence-electron chi connectivity index (χ3n) is 8.62. The van der Waals surface area contributed by atoms with Crippen LogP contribution in [0.5, 0.6) is 0 Å². The fourth-order valence-corrected chi connectivity index (χ4v) is 5.44. The highest BCUT2D eigenvalue weighted by Crippen LogP contribution is 2.11.